The third-order valence-electron chi connectivity index (χ3n) is 4.36. The van der Waals surface area contributed by atoms with E-state index in [2.05, 4.69) is 24.1 Å². The maximum absolute atomic E-state index is 12.6. The van der Waals surface area contributed by atoms with Crippen LogP contribution < -0.4 is 5.32 Å². The molecule has 4 heteroatoms. The molecular formula is C19H34N2OS. The molecule has 1 amide bonds. The highest BCUT2D eigenvalue weighted by Crippen LogP contribution is 2.21. The first kappa shape index (κ1) is 20.1. The number of carbonyl (C=O) groups is 1. The van der Waals surface area contributed by atoms with Crippen LogP contribution in [0.3, 0.4) is 0 Å². The van der Waals surface area contributed by atoms with Gasteiger partial charge in [0.15, 0.2) is 0 Å². The number of rotatable bonds is 13. The zero-order chi connectivity index (χ0) is 16.9. The van der Waals surface area contributed by atoms with Crippen molar-refractivity contribution in [3.63, 3.8) is 0 Å². The third-order valence-corrected chi connectivity index (χ3v) is 5.32. The standard InChI is InChI=1S/C19H34N2OS/c1-4-6-8-10-12-17(13-11-9-7-5-2)18(22)21-16(3)19-20-14-15-23-19/h14-17H,4-13H2,1-3H3,(H,21,22)/t16-/m0/s1. The molecule has 132 valence electrons. The average molecular weight is 339 g/mol. The molecule has 1 aromatic rings. The van der Waals surface area contributed by atoms with E-state index in [-0.39, 0.29) is 17.9 Å². The monoisotopic (exact) mass is 338 g/mol. The molecular weight excluding hydrogens is 304 g/mol. The molecule has 3 nitrogen and oxygen atoms in total. The smallest absolute Gasteiger partial charge is 0.223 e. The Kier molecular flexibility index (Phi) is 11.0. The molecule has 1 aromatic heterocycles. The second-order valence-electron chi connectivity index (χ2n) is 6.50. The van der Waals surface area contributed by atoms with Crippen LogP contribution >= 0.6 is 11.3 Å². The Hall–Kier alpha value is -0.900. The van der Waals surface area contributed by atoms with E-state index in [0.29, 0.717) is 0 Å². The number of unbranched alkanes of at least 4 members (excludes halogenated alkanes) is 6. The zero-order valence-electron chi connectivity index (χ0n) is 15.1. The molecule has 1 heterocycles. The number of hydrogen-bond acceptors (Lipinski definition) is 3. The summed E-state index contributed by atoms with van der Waals surface area (Å²) in [6.07, 6.45) is 13.7. The van der Waals surface area contributed by atoms with Crippen LogP contribution in [0.15, 0.2) is 11.6 Å². The number of nitrogens with zero attached hydrogens (tertiary/aromatic N) is 1. The zero-order valence-corrected chi connectivity index (χ0v) is 16.0. The van der Waals surface area contributed by atoms with Crippen LogP contribution in [0, 0.1) is 5.92 Å². The van der Waals surface area contributed by atoms with Crippen molar-refractivity contribution in [2.24, 2.45) is 5.92 Å². The Morgan fingerprint density at radius 2 is 1.70 bits per heavy atom. The van der Waals surface area contributed by atoms with Crippen molar-refractivity contribution in [2.75, 3.05) is 0 Å². The first-order valence-corrected chi connectivity index (χ1v) is 10.3. The molecule has 0 spiro atoms. The van der Waals surface area contributed by atoms with Crippen LogP contribution in [0.4, 0.5) is 0 Å². The van der Waals surface area contributed by atoms with Gasteiger partial charge in [-0.3, -0.25) is 4.79 Å². The molecule has 1 rings (SSSR count). The molecule has 0 aliphatic heterocycles. The summed E-state index contributed by atoms with van der Waals surface area (Å²) in [5, 5.41) is 6.13. The van der Waals surface area contributed by atoms with Crippen molar-refractivity contribution in [1.82, 2.24) is 10.3 Å². The second kappa shape index (κ2) is 12.5. The number of aromatic nitrogens is 1. The van der Waals surface area contributed by atoms with Gasteiger partial charge in [0, 0.05) is 17.5 Å². The first-order valence-electron chi connectivity index (χ1n) is 9.38. The number of amides is 1. The van der Waals surface area contributed by atoms with E-state index in [9.17, 15) is 4.79 Å². The number of hydrogen-bond donors (Lipinski definition) is 1. The highest BCUT2D eigenvalue weighted by molar-refractivity contribution is 7.09. The van der Waals surface area contributed by atoms with E-state index in [1.807, 2.05) is 12.3 Å². The van der Waals surface area contributed by atoms with Crippen molar-refractivity contribution in [1.29, 1.82) is 0 Å². The fourth-order valence-corrected chi connectivity index (χ4v) is 3.53. The number of nitrogens with one attached hydrogen (secondary N) is 1. The lowest BCUT2D eigenvalue weighted by atomic mass is 9.93. The van der Waals surface area contributed by atoms with Gasteiger partial charge in [0.1, 0.15) is 5.01 Å². The van der Waals surface area contributed by atoms with Crippen LogP contribution in [-0.2, 0) is 4.79 Å². The molecule has 0 unspecified atom stereocenters. The third kappa shape index (κ3) is 8.50. The van der Waals surface area contributed by atoms with Gasteiger partial charge in [-0.15, -0.1) is 11.3 Å². The van der Waals surface area contributed by atoms with Crippen molar-refractivity contribution in [2.45, 2.75) is 91.0 Å². The molecule has 0 aliphatic carbocycles. The predicted octanol–water partition coefficient (Wildman–Crippen LogP) is 5.88. The molecule has 0 saturated carbocycles. The van der Waals surface area contributed by atoms with E-state index in [0.717, 1.165) is 17.8 Å². The van der Waals surface area contributed by atoms with Crippen LogP contribution in [0.25, 0.3) is 0 Å². The van der Waals surface area contributed by atoms with Crippen LogP contribution in [0.1, 0.15) is 96.0 Å². The van der Waals surface area contributed by atoms with Gasteiger partial charge in [-0.1, -0.05) is 65.2 Å². The van der Waals surface area contributed by atoms with E-state index >= 15 is 0 Å². The number of thiazole rings is 1. The molecule has 0 aromatic carbocycles. The Morgan fingerprint density at radius 3 is 2.17 bits per heavy atom. The van der Waals surface area contributed by atoms with Crippen molar-refractivity contribution in [3.05, 3.63) is 16.6 Å². The van der Waals surface area contributed by atoms with E-state index in [4.69, 9.17) is 0 Å². The minimum Gasteiger partial charge on any atom is -0.347 e. The summed E-state index contributed by atoms with van der Waals surface area (Å²) in [4.78, 5) is 16.9. The highest BCUT2D eigenvalue weighted by atomic mass is 32.1. The quantitative estimate of drug-likeness (QED) is 0.456. The van der Waals surface area contributed by atoms with Gasteiger partial charge >= 0.3 is 0 Å². The predicted molar refractivity (Wildman–Crippen MR) is 99.7 cm³/mol. The van der Waals surface area contributed by atoms with Crippen LogP contribution in [0.2, 0.25) is 0 Å². The maximum Gasteiger partial charge on any atom is 0.223 e. The number of carbonyl (C=O) groups excluding carboxylic acids is 1. The van der Waals surface area contributed by atoms with Crippen molar-refractivity contribution in [3.8, 4) is 0 Å². The highest BCUT2D eigenvalue weighted by Gasteiger charge is 2.20. The normalized spacial score (nSPS) is 12.5. The lowest BCUT2D eigenvalue weighted by Gasteiger charge is -2.19. The Labute approximate surface area is 146 Å². The van der Waals surface area contributed by atoms with Crippen molar-refractivity contribution >= 4 is 17.2 Å². The van der Waals surface area contributed by atoms with Gasteiger partial charge in [0.2, 0.25) is 5.91 Å². The lowest BCUT2D eigenvalue weighted by molar-refractivity contribution is -0.126. The van der Waals surface area contributed by atoms with Gasteiger partial charge in [-0.05, 0) is 19.8 Å². The molecule has 23 heavy (non-hydrogen) atoms. The van der Waals surface area contributed by atoms with Gasteiger partial charge in [-0.25, -0.2) is 4.98 Å². The minimum absolute atomic E-state index is 0.0243. The van der Waals surface area contributed by atoms with Crippen LogP contribution in [-0.4, -0.2) is 10.9 Å². The molecule has 0 fully saturated rings. The first-order chi connectivity index (χ1) is 11.2. The Balaban J connectivity index is 2.45. The van der Waals surface area contributed by atoms with Gasteiger partial charge < -0.3 is 5.32 Å². The van der Waals surface area contributed by atoms with E-state index in [1.54, 1.807) is 17.5 Å². The molecule has 0 radical (unpaired) electrons. The molecule has 0 bridgehead atoms. The van der Waals surface area contributed by atoms with Gasteiger partial charge in [0.05, 0.1) is 6.04 Å². The minimum atomic E-state index is 0.0243. The molecule has 0 saturated heterocycles. The van der Waals surface area contributed by atoms with Crippen LogP contribution in [0.5, 0.6) is 0 Å². The Bertz CT molecular complexity index is 394. The lowest BCUT2D eigenvalue weighted by Crippen LogP contribution is -2.33. The summed E-state index contributed by atoms with van der Waals surface area (Å²) in [6, 6.07) is 0.0243. The summed E-state index contributed by atoms with van der Waals surface area (Å²) < 4.78 is 0. The topological polar surface area (TPSA) is 42.0 Å². The van der Waals surface area contributed by atoms with Crippen molar-refractivity contribution < 1.29 is 4.79 Å². The summed E-state index contributed by atoms with van der Waals surface area (Å²) in [5.74, 6) is 0.395. The average Bonchev–Trinajstić information content (AvgIpc) is 3.07. The largest absolute Gasteiger partial charge is 0.347 e. The fraction of sp³-hybridized carbons (Fsp3) is 0.789. The SMILES string of the molecule is CCCCCCC(CCCCCC)C(=O)N[C@@H](C)c1nccs1. The second-order valence-corrected chi connectivity index (χ2v) is 7.42. The summed E-state index contributed by atoms with van der Waals surface area (Å²) in [7, 11) is 0. The van der Waals surface area contributed by atoms with E-state index < -0.39 is 0 Å². The fourth-order valence-electron chi connectivity index (χ4n) is 2.88. The molecule has 1 atom stereocenters. The van der Waals surface area contributed by atoms with Gasteiger partial charge in [0.25, 0.3) is 0 Å². The summed E-state index contributed by atoms with van der Waals surface area (Å²) >= 11 is 1.61. The maximum atomic E-state index is 12.6. The van der Waals surface area contributed by atoms with Gasteiger partial charge in [-0.2, -0.15) is 0 Å². The Morgan fingerprint density at radius 1 is 1.09 bits per heavy atom. The summed E-state index contributed by atoms with van der Waals surface area (Å²) in [5.41, 5.74) is 0. The molecule has 0 aliphatic rings. The molecule has 1 N–H and O–H groups in total. The van der Waals surface area contributed by atoms with E-state index in [1.165, 1.54) is 51.4 Å². The summed E-state index contributed by atoms with van der Waals surface area (Å²) in [6.45, 7) is 6.48.